The van der Waals surface area contributed by atoms with E-state index in [1.165, 1.54) is 43.5 Å². The molecule has 0 saturated carbocycles. The summed E-state index contributed by atoms with van der Waals surface area (Å²) in [6, 6.07) is 9.42. The normalized spacial score (nSPS) is 18.0. The third-order valence-electron chi connectivity index (χ3n) is 5.81. The predicted molar refractivity (Wildman–Crippen MR) is 120 cm³/mol. The van der Waals surface area contributed by atoms with Crippen molar-refractivity contribution in [3.8, 4) is 0 Å². The quantitative estimate of drug-likeness (QED) is 0.409. The average molecular weight is 397 g/mol. The number of aromatic nitrogens is 2. The van der Waals surface area contributed by atoms with Crippen molar-refractivity contribution >= 4 is 5.96 Å². The zero-order chi connectivity index (χ0) is 20.5. The smallest absolute Gasteiger partial charge is 0.191 e. The zero-order valence-corrected chi connectivity index (χ0v) is 18.2. The summed E-state index contributed by atoms with van der Waals surface area (Å²) in [5.74, 6) is 1.91. The SMILES string of the molecule is CN=C(NCCCN1CCCCC1C)NCc1cccc(Cn2ccnc2C)c1. The highest BCUT2D eigenvalue weighted by atomic mass is 15.2. The van der Waals surface area contributed by atoms with Crippen LogP contribution >= 0.6 is 0 Å². The van der Waals surface area contributed by atoms with Crippen molar-refractivity contribution < 1.29 is 0 Å². The summed E-state index contributed by atoms with van der Waals surface area (Å²) < 4.78 is 2.16. The maximum atomic E-state index is 4.37. The molecule has 1 aromatic heterocycles. The van der Waals surface area contributed by atoms with Gasteiger partial charge in [0.1, 0.15) is 5.82 Å². The Bertz CT molecular complexity index is 781. The van der Waals surface area contributed by atoms with Gasteiger partial charge < -0.3 is 20.1 Å². The molecular formula is C23H36N6. The van der Waals surface area contributed by atoms with Gasteiger partial charge in [0.25, 0.3) is 0 Å². The fraction of sp³-hybridized carbons (Fsp3) is 0.565. The van der Waals surface area contributed by atoms with E-state index in [0.717, 1.165) is 43.9 Å². The molecule has 0 aliphatic carbocycles. The third kappa shape index (κ3) is 6.60. The molecule has 158 valence electrons. The molecule has 1 aliphatic heterocycles. The highest BCUT2D eigenvalue weighted by Crippen LogP contribution is 2.16. The molecule has 3 rings (SSSR count). The number of aryl methyl sites for hydroxylation is 1. The number of hydrogen-bond acceptors (Lipinski definition) is 3. The van der Waals surface area contributed by atoms with Gasteiger partial charge in [0.05, 0.1) is 0 Å². The number of rotatable bonds is 8. The van der Waals surface area contributed by atoms with Gasteiger partial charge in [-0.05, 0) is 50.8 Å². The Morgan fingerprint density at radius 3 is 2.86 bits per heavy atom. The van der Waals surface area contributed by atoms with E-state index in [9.17, 15) is 0 Å². The van der Waals surface area contributed by atoms with Crippen LogP contribution in [0, 0.1) is 6.92 Å². The lowest BCUT2D eigenvalue weighted by molar-refractivity contribution is 0.159. The van der Waals surface area contributed by atoms with Crippen molar-refractivity contribution in [3.63, 3.8) is 0 Å². The fourth-order valence-electron chi connectivity index (χ4n) is 3.99. The van der Waals surface area contributed by atoms with Gasteiger partial charge in [0.2, 0.25) is 0 Å². The van der Waals surface area contributed by atoms with Gasteiger partial charge in [-0.3, -0.25) is 4.99 Å². The molecule has 1 fully saturated rings. The van der Waals surface area contributed by atoms with Crippen LogP contribution in [0.2, 0.25) is 0 Å². The summed E-state index contributed by atoms with van der Waals surface area (Å²) in [4.78, 5) is 11.3. The highest BCUT2D eigenvalue weighted by Gasteiger charge is 2.17. The van der Waals surface area contributed by atoms with Crippen LogP contribution in [0.3, 0.4) is 0 Å². The van der Waals surface area contributed by atoms with Crippen LogP contribution in [-0.2, 0) is 13.1 Å². The van der Waals surface area contributed by atoms with E-state index < -0.39 is 0 Å². The summed E-state index contributed by atoms with van der Waals surface area (Å²) in [7, 11) is 1.83. The van der Waals surface area contributed by atoms with Gasteiger partial charge in [-0.2, -0.15) is 0 Å². The number of likely N-dealkylation sites (tertiary alicyclic amines) is 1. The van der Waals surface area contributed by atoms with Crippen LogP contribution in [0.25, 0.3) is 0 Å². The second-order valence-electron chi connectivity index (χ2n) is 8.01. The molecule has 2 heterocycles. The second kappa shape index (κ2) is 11.0. The number of aliphatic imine (C=N–C) groups is 1. The first-order valence-corrected chi connectivity index (χ1v) is 10.9. The predicted octanol–water partition coefficient (Wildman–Crippen LogP) is 3.17. The fourth-order valence-corrected chi connectivity index (χ4v) is 3.99. The molecule has 1 atom stereocenters. The van der Waals surface area contributed by atoms with E-state index >= 15 is 0 Å². The monoisotopic (exact) mass is 396 g/mol. The Morgan fingerprint density at radius 2 is 2.10 bits per heavy atom. The van der Waals surface area contributed by atoms with Gasteiger partial charge in [-0.15, -0.1) is 0 Å². The van der Waals surface area contributed by atoms with Crippen LogP contribution in [0.4, 0.5) is 0 Å². The first-order chi connectivity index (χ1) is 14.2. The third-order valence-corrected chi connectivity index (χ3v) is 5.81. The zero-order valence-electron chi connectivity index (χ0n) is 18.2. The lowest BCUT2D eigenvalue weighted by Crippen LogP contribution is -2.41. The summed E-state index contributed by atoms with van der Waals surface area (Å²) >= 11 is 0. The van der Waals surface area contributed by atoms with E-state index in [-0.39, 0.29) is 0 Å². The van der Waals surface area contributed by atoms with E-state index in [4.69, 9.17) is 0 Å². The Morgan fingerprint density at radius 1 is 1.24 bits per heavy atom. The number of piperidine rings is 1. The maximum Gasteiger partial charge on any atom is 0.191 e. The molecule has 2 aromatic rings. The highest BCUT2D eigenvalue weighted by molar-refractivity contribution is 5.79. The van der Waals surface area contributed by atoms with E-state index in [0.29, 0.717) is 0 Å². The maximum absolute atomic E-state index is 4.37. The molecule has 0 bridgehead atoms. The van der Waals surface area contributed by atoms with E-state index in [1.54, 1.807) is 0 Å². The van der Waals surface area contributed by atoms with Crippen LogP contribution < -0.4 is 10.6 Å². The van der Waals surface area contributed by atoms with Crippen molar-refractivity contribution in [1.82, 2.24) is 25.1 Å². The van der Waals surface area contributed by atoms with Gasteiger partial charge in [0, 0.05) is 51.7 Å². The summed E-state index contributed by atoms with van der Waals surface area (Å²) in [5, 5.41) is 6.89. The number of nitrogens with zero attached hydrogens (tertiary/aromatic N) is 4. The van der Waals surface area contributed by atoms with Gasteiger partial charge in [-0.1, -0.05) is 30.7 Å². The standard InChI is InChI=1S/C23H36N6/c1-19-8-4-5-13-28(19)14-7-11-26-23(24-3)27-17-21-9-6-10-22(16-21)18-29-15-12-25-20(29)2/h6,9-10,12,15-16,19H,4-5,7-8,11,13-14,17-18H2,1-3H3,(H2,24,26,27). The Kier molecular flexibility index (Phi) is 8.11. The van der Waals surface area contributed by atoms with Crippen molar-refractivity contribution in [2.45, 2.75) is 58.7 Å². The summed E-state index contributed by atoms with van der Waals surface area (Å²) in [6.45, 7) is 9.37. The number of guanidine groups is 1. The van der Waals surface area contributed by atoms with Crippen molar-refractivity contribution in [2.75, 3.05) is 26.7 Å². The van der Waals surface area contributed by atoms with Gasteiger partial charge >= 0.3 is 0 Å². The molecule has 0 amide bonds. The molecule has 1 saturated heterocycles. The number of imidazole rings is 1. The average Bonchev–Trinajstić information content (AvgIpc) is 3.13. The Labute approximate surface area is 175 Å². The first kappa shape index (κ1) is 21.4. The minimum Gasteiger partial charge on any atom is -0.356 e. The lowest BCUT2D eigenvalue weighted by atomic mass is 10.0. The second-order valence-corrected chi connectivity index (χ2v) is 8.01. The molecule has 6 heteroatoms. The van der Waals surface area contributed by atoms with Crippen molar-refractivity contribution in [2.24, 2.45) is 4.99 Å². The number of benzene rings is 1. The van der Waals surface area contributed by atoms with E-state index in [1.807, 2.05) is 26.4 Å². The molecule has 6 nitrogen and oxygen atoms in total. The largest absolute Gasteiger partial charge is 0.356 e. The summed E-state index contributed by atoms with van der Waals surface area (Å²) in [5.41, 5.74) is 2.54. The lowest BCUT2D eigenvalue weighted by Gasteiger charge is -2.33. The first-order valence-electron chi connectivity index (χ1n) is 10.9. The van der Waals surface area contributed by atoms with Gasteiger partial charge in [-0.25, -0.2) is 4.98 Å². The molecule has 29 heavy (non-hydrogen) atoms. The summed E-state index contributed by atoms with van der Waals surface area (Å²) in [6.07, 6.45) is 9.09. The van der Waals surface area contributed by atoms with Crippen LogP contribution in [0.5, 0.6) is 0 Å². The van der Waals surface area contributed by atoms with Crippen molar-refractivity contribution in [3.05, 3.63) is 53.6 Å². The molecule has 0 spiro atoms. The molecule has 1 aliphatic rings. The molecule has 0 radical (unpaired) electrons. The molecule has 1 aromatic carbocycles. The van der Waals surface area contributed by atoms with Crippen LogP contribution in [0.1, 0.15) is 49.6 Å². The van der Waals surface area contributed by atoms with E-state index in [2.05, 4.69) is 61.3 Å². The molecule has 2 N–H and O–H groups in total. The number of nitrogens with one attached hydrogen (secondary N) is 2. The van der Waals surface area contributed by atoms with Gasteiger partial charge in [0.15, 0.2) is 5.96 Å². The van der Waals surface area contributed by atoms with Crippen molar-refractivity contribution in [1.29, 1.82) is 0 Å². The minimum atomic E-state index is 0.736. The molecule has 1 unspecified atom stereocenters. The minimum absolute atomic E-state index is 0.736. The van der Waals surface area contributed by atoms with Crippen LogP contribution in [0.15, 0.2) is 41.7 Å². The Hall–Kier alpha value is -2.34. The number of hydrogen-bond donors (Lipinski definition) is 2. The molecular weight excluding hydrogens is 360 g/mol. The Balaban J connectivity index is 1.41. The van der Waals surface area contributed by atoms with Crippen LogP contribution in [-0.4, -0.2) is 53.1 Å². The topological polar surface area (TPSA) is 57.5 Å².